The molecular weight excluding hydrogens is 378 g/mol. The summed E-state index contributed by atoms with van der Waals surface area (Å²) in [6.07, 6.45) is 1.10. The van der Waals surface area contributed by atoms with E-state index < -0.39 is 23.6 Å². The van der Waals surface area contributed by atoms with Crippen molar-refractivity contribution < 1.29 is 23.4 Å². The van der Waals surface area contributed by atoms with Gasteiger partial charge in [-0.2, -0.15) is 0 Å². The van der Waals surface area contributed by atoms with Gasteiger partial charge in [-0.1, -0.05) is 30.3 Å². The molecule has 1 amide bonds. The van der Waals surface area contributed by atoms with Crippen molar-refractivity contribution in [3.05, 3.63) is 83.2 Å². The van der Waals surface area contributed by atoms with Gasteiger partial charge in [-0.3, -0.25) is 9.78 Å². The lowest BCUT2D eigenvalue weighted by Crippen LogP contribution is -2.29. The van der Waals surface area contributed by atoms with Crippen LogP contribution in [0.2, 0.25) is 0 Å². The van der Waals surface area contributed by atoms with Crippen LogP contribution in [-0.4, -0.2) is 22.5 Å². The lowest BCUT2D eigenvalue weighted by molar-refractivity contribution is 0.0981. The zero-order valence-corrected chi connectivity index (χ0v) is 15.4. The molecule has 0 atom stereocenters. The van der Waals surface area contributed by atoms with E-state index in [1.54, 1.807) is 18.5 Å². The van der Waals surface area contributed by atoms with E-state index in [1.807, 2.05) is 30.3 Å². The van der Waals surface area contributed by atoms with E-state index in [9.17, 15) is 18.7 Å². The predicted molar refractivity (Wildman–Crippen MR) is 103 cm³/mol. The van der Waals surface area contributed by atoms with Gasteiger partial charge in [0.2, 0.25) is 0 Å². The van der Waals surface area contributed by atoms with Crippen LogP contribution in [-0.2, 0) is 13.0 Å². The molecule has 0 saturated carbocycles. The van der Waals surface area contributed by atoms with Gasteiger partial charge in [0.05, 0.1) is 5.69 Å². The summed E-state index contributed by atoms with van der Waals surface area (Å²) < 4.78 is 32.2. The van der Waals surface area contributed by atoms with Crippen LogP contribution in [0.5, 0.6) is 11.5 Å². The van der Waals surface area contributed by atoms with Crippen molar-refractivity contribution in [1.29, 1.82) is 0 Å². The molecule has 0 saturated heterocycles. The van der Waals surface area contributed by atoms with E-state index in [-0.39, 0.29) is 17.9 Å². The maximum Gasteiger partial charge on any atom is 0.265 e. The number of phenols is 1. The third-order valence-electron chi connectivity index (χ3n) is 4.83. The molecule has 2 heterocycles. The monoisotopic (exact) mass is 396 g/mol. The number of ether oxygens (including phenoxy) is 1. The van der Waals surface area contributed by atoms with Crippen LogP contribution in [0, 0.1) is 0 Å². The number of hydrogen-bond acceptors (Lipinski definition) is 4. The van der Waals surface area contributed by atoms with Crippen LogP contribution in [0.15, 0.2) is 60.9 Å². The van der Waals surface area contributed by atoms with E-state index in [1.165, 1.54) is 4.90 Å². The van der Waals surface area contributed by atoms with Gasteiger partial charge < -0.3 is 14.7 Å². The molecule has 0 bridgehead atoms. The minimum Gasteiger partial charge on any atom is -0.507 e. The second-order valence-corrected chi connectivity index (χ2v) is 6.70. The van der Waals surface area contributed by atoms with E-state index in [0.717, 1.165) is 23.3 Å². The normalized spacial score (nSPS) is 12.9. The van der Waals surface area contributed by atoms with Crippen LogP contribution < -0.4 is 9.64 Å². The third-order valence-corrected chi connectivity index (χ3v) is 4.83. The van der Waals surface area contributed by atoms with Crippen LogP contribution in [0.3, 0.4) is 0 Å². The predicted octanol–water partition coefficient (Wildman–Crippen LogP) is 4.51. The maximum absolute atomic E-state index is 13.3. The SMILES string of the molecule is O=C(c1c(O)cc(C(F)F)cc1OCc1ccccc1)N1CCc2cnccc21. The van der Waals surface area contributed by atoms with Crippen molar-refractivity contribution in [2.75, 3.05) is 11.4 Å². The average molecular weight is 396 g/mol. The van der Waals surface area contributed by atoms with Crippen LogP contribution in [0.25, 0.3) is 0 Å². The molecule has 0 radical (unpaired) electrons. The molecule has 1 aromatic heterocycles. The van der Waals surface area contributed by atoms with E-state index in [0.29, 0.717) is 18.7 Å². The number of carbonyl (C=O) groups is 1. The van der Waals surface area contributed by atoms with Gasteiger partial charge in [-0.05, 0) is 35.7 Å². The number of carbonyl (C=O) groups excluding carboxylic acids is 1. The molecular formula is C22H18F2N2O3. The Bertz CT molecular complexity index is 1040. The minimum absolute atomic E-state index is 0.0725. The molecule has 1 aliphatic heterocycles. The Hall–Kier alpha value is -3.48. The molecule has 148 valence electrons. The number of hydrogen-bond donors (Lipinski definition) is 1. The number of fused-ring (bicyclic) bond motifs is 1. The molecule has 5 nitrogen and oxygen atoms in total. The highest BCUT2D eigenvalue weighted by Crippen LogP contribution is 2.37. The van der Waals surface area contributed by atoms with Gasteiger partial charge in [0.15, 0.2) is 0 Å². The molecule has 3 aromatic rings. The standard InChI is InChI=1S/C22H18F2N2O3/c23-21(24)16-10-18(27)20(19(11-16)29-13-14-4-2-1-3-5-14)22(28)26-9-7-15-12-25-8-6-17(15)26/h1-6,8,10-12,21,27H,7,9,13H2. The molecule has 2 aromatic carbocycles. The van der Waals surface area contributed by atoms with Crippen molar-refractivity contribution in [1.82, 2.24) is 4.98 Å². The largest absolute Gasteiger partial charge is 0.507 e. The van der Waals surface area contributed by atoms with Gasteiger partial charge in [0.25, 0.3) is 12.3 Å². The van der Waals surface area contributed by atoms with Crippen LogP contribution in [0.1, 0.15) is 33.5 Å². The Labute approximate surface area is 166 Å². The number of anilines is 1. The number of phenolic OH excluding ortho intramolecular Hbond substituents is 1. The quantitative estimate of drug-likeness (QED) is 0.690. The van der Waals surface area contributed by atoms with E-state index >= 15 is 0 Å². The first-order valence-corrected chi connectivity index (χ1v) is 9.11. The molecule has 1 aliphatic rings. The van der Waals surface area contributed by atoms with E-state index in [4.69, 9.17) is 4.74 Å². The summed E-state index contributed by atoms with van der Waals surface area (Å²) in [5, 5.41) is 10.4. The fraction of sp³-hybridized carbons (Fsp3) is 0.182. The van der Waals surface area contributed by atoms with Crippen molar-refractivity contribution in [3.63, 3.8) is 0 Å². The lowest BCUT2D eigenvalue weighted by Gasteiger charge is -2.21. The number of amides is 1. The first kappa shape index (κ1) is 18.9. The van der Waals surface area contributed by atoms with Crippen LogP contribution in [0.4, 0.5) is 14.5 Å². The molecule has 0 unspecified atom stereocenters. The zero-order chi connectivity index (χ0) is 20.4. The van der Waals surface area contributed by atoms with Crippen molar-refractivity contribution in [2.24, 2.45) is 0 Å². The zero-order valence-electron chi connectivity index (χ0n) is 15.4. The number of halogens is 2. The minimum atomic E-state index is -2.80. The fourth-order valence-corrected chi connectivity index (χ4v) is 3.39. The van der Waals surface area contributed by atoms with Crippen molar-refractivity contribution in [3.8, 4) is 11.5 Å². The van der Waals surface area contributed by atoms with Gasteiger partial charge >= 0.3 is 0 Å². The van der Waals surface area contributed by atoms with Gasteiger partial charge in [0.1, 0.15) is 23.7 Å². The number of rotatable bonds is 5. The Morgan fingerprint density at radius 2 is 2.00 bits per heavy atom. The second kappa shape index (κ2) is 7.87. The van der Waals surface area contributed by atoms with Gasteiger partial charge in [-0.25, -0.2) is 8.78 Å². The maximum atomic E-state index is 13.3. The Kier molecular flexibility index (Phi) is 5.12. The number of aromatic nitrogens is 1. The molecule has 4 rings (SSSR count). The highest BCUT2D eigenvalue weighted by molar-refractivity contribution is 6.10. The number of aromatic hydroxyl groups is 1. The summed E-state index contributed by atoms with van der Waals surface area (Å²) in [6.45, 7) is 0.488. The first-order chi connectivity index (χ1) is 14.0. The van der Waals surface area contributed by atoms with Gasteiger partial charge in [0, 0.05) is 24.5 Å². The lowest BCUT2D eigenvalue weighted by atomic mass is 10.1. The summed E-state index contributed by atoms with van der Waals surface area (Å²) in [5.74, 6) is -1.11. The number of alkyl halides is 2. The molecule has 7 heteroatoms. The summed E-state index contributed by atoms with van der Waals surface area (Å²) in [6, 6.07) is 12.9. The molecule has 29 heavy (non-hydrogen) atoms. The Morgan fingerprint density at radius 1 is 1.21 bits per heavy atom. The number of pyridine rings is 1. The Morgan fingerprint density at radius 3 is 2.76 bits per heavy atom. The topological polar surface area (TPSA) is 62.7 Å². The van der Waals surface area contributed by atoms with Crippen molar-refractivity contribution in [2.45, 2.75) is 19.5 Å². The molecule has 0 fully saturated rings. The summed E-state index contributed by atoms with van der Waals surface area (Å²) in [5.41, 5.74) is 1.88. The Balaban J connectivity index is 1.71. The fourth-order valence-electron chi connectivity index (χ4n) is 3.39. The van der Waals surface area contributed by atoms with Crippen LogP contribution >= 0.6 is 0 Å². The number of nitrogens with zero attached hydrogens (tertiary/aromatic N) is 2. The van der Waals surface area contributed by atoms with Crippen molar-refractivity contribution >= 4 is 11.6 Å². The van der Waals surface area contributed by atoms with E-state index in [2.05, 4.69) is 4.98 Å². The summed E-state index contributed by atoms with van der Waals surface area (Å²) in [4.78, 5) is 18.8. The second-order valence-electron chi connectivity index (χ2n) is 6.70. The summed E-state index contributed by atoms with van der Waals surface area (Å²) in [7, 11) is 0. The molecule has 0 aliphatic carbocycles. The summed E-state index contributed by atoms with van der Waals surface area (Å²) >= 11 is 0. The smallest absolute Gasteiger partial charge is 0.265 e. The third kappa shape index (κ3) is 3.76. The first-order valence-electron chi connectivity index (χ1n) is 9.11. The highest BCUT2D eigenvalue weighted by atomic mass is 19.3. The molecule has 0 spiro atoms. The van der Waals surface area contributed by atoms with Gasteiger partial charge in [-0.15, -0.1) is 0 Å². The highest BCUT2D eigenvalue weighted by Gasteiger charge is 2.30. The number of benzene rings is 2. The average Bonchev–Trinajstić information content (AvgIpc) is 3.16. The molecule has 1 N–H and O–H groups in total.